The second kappa shape index (κ2) is 12.0. The third kappa shape index (κ3) is 7.06. The molecule has 0 aromatic heterocycles. The van der Waals surface area contributed by atoms with Gasteiger partial charge in [0.25, 0.3) is 0 Å². The summed E-state index contributed by atoms with van der Waals surface area (Å²) in [5.41, 5.74) is 3.06. The lowest BCUT2D eigenvalue weighted by Gasteiger charge is -2.15. The highest BCUT2D eigenvalue weighted by Gasteiger charge is 2.12. The average Bonchev–Trinajstić information content (AvgIpc) is 2.72. The van der Waals surface area contributed by atoms with E-state index in [9.17, 15) is 4.39 Å². The number of methoxy groups -OCH3 is 1. The van der Waals surface area contributed by atoms with Gasteiger partial charge in [-0.1, -0.05) is 47.5 Å². The van der Waals surface area contributed by atoms with Crippen molar-refractivity contribution in [1.82, 2.24) is 5.32 Å². The maximum atomic E-state index is 13.0. The van der Waals surface area contributed by atoms with Gasteiger partial charge in [0, 0.05) is 11.6 Å². The van der Waals surface area contributed by atoms with Gasteiger partial charge in [-0.25, -0.2) is 4.39 Å². The molecule has 0 unspecified atom stereocenters. The average molecular weight is 471 g/mol. The number of halogens is 4. The van der Waals surface area contributed by atoms with E-state index in [2.05, 4.69) is 5.32 Å². The summed E-state index contributed by atoms with van der Waals surface area (Å²) in [4.78, 5) is 0. The van der Waals surface area contributed by atoms with Crippen molar-refractivity contribution in [3.05, 3.63) is 93.2 Å². The molecule has 1 N–H and O–H groups in total. The Morgan fingerprint density at radius 2 is 1.57 bits per heavy atom. The first-order valence-electron chi connectivity index (χ1n) is 9.24. The summed E-state index contributed by atoms with van der Waals surface area (Å²) in [5.74, 6) is 0.878. The fourth-order valence-electron chi connectivity index (χ4n) is 2.87. The van der Waals surface area contributed by atoms with Crippen molar-refractivity contribution >= 4 is 35.6 Å². The molecule has 0 spiro atoms. The van der Waals surface area contributed by atoms with E-state index in [1.807, 2.05) is 36.4 Å². The second-order valence-electron chi connectivity index (χ2n) is 6.58. The first kappa shape index (κ1) is 24.3. The molecule has 0 aliphatic rings. The number of hydrogen-bond donors (Lipinski definition) is 1. The molecule has 0 amide bonds. The van der Waals surface area contributed by atoms with Gasteiger partial charge >= 0.3 is 0 Å². The largest absolute Gasteiger partial charge is 0.493 e. The van der Waals surface area contributed by atoms with Gasteiger partial charge in [0.2, 0.25) is 0 Å². The highest BCUT2D eigenvalue weighted by molar-refractivity contribution is 6.32. The summed E-state index contributed by atoms with van der Waals surface area (Å²) < 4.78 is 24.3. The van der Waals surface area contributed by atoms with Gasteiger partial charge in [-0.2, -0.15) is 0 Å². The van der Waals surface area contributed by atoms with Crippen molar-refractivity contribution in [2.45, 2.75) is 19.6 Å². The van der Waals surface area contributed by atoms with Crippen LogP contribution in [-0.4, -0.2) is 13.7 Å². The van der Waals surface area contributed by atoms with Crippen LogP contribution in [0.2, 0.25) is 10.0 Å². The van der Waals surface area contributed by atoms with Crippen LogP contribution in [0.4, 0.5) is 4.39 Å². The predicted molar refractivity (Wildman–Crippen MR) is 123 cm³/mol. The Hall–Kier alpha value is -1.98. The maximum Gasteiger partial charge on any atom is 0.180 e. The number of ether oxygens (including phenoxy) is 2. The van der Waals surface area contributed by atoms with Crippen LogP contribution < -0.4 is 14.8 Å². The van der Waals surface area contributed by atoms with Gasteiger partial charge in [-0.15, -0.1) is 12.4 Å². The van der Waals surface area contributed by atoms with Crippen molar-refractivity contribution in [2.24, 2.45) is 0 Å². The summed E-state index contributed by atoms with van der Waals surface area (Å²) >= 11 is 12.3. The summed E-state index contributed by atoms with van der Waals surface area (Å²) in [6.07, 6.45) is 0.813. The Morgan fingerprint density at radius 1 is 0.900 bits per heavy atom. The van der Waals surface area contributed by atoms with E-state index in [0.29, 0.717) is 34.7 Å². The Morgan fingerprint density at radius 3 is 2.23 bits per heavy atom. The minimum absolute atomic E-state index is 0. The van der Waals surface area contributed by atoms with E-state index in [1.165, 1.54) is 12.1 Å². The highest BCUT2D eigenvalue weighted by atomic mass is 35.5. The molecule has 160 valence electrons. The lowest BCUT2D eigenvalue weighted by molar-refractivity contribution is 0.284. The van der Waals surface area contributed by atoms with Crippen LogP contribution in [0.3, 0.4) is 0 Å². The molecule has 0 heterocycles. The van der Waals surface area contributed by atoms with Crippen molar-refractivity contribution < 1.29 is 13.9 Å². The molecule has 7 heteroatoms. The zero-order chi connectivity index (χ0) is 20.6. The molecule has 3 aromatic rings. The lowest BCUT2D eigenvalue weighted by atomic mass is 10.1. The van der Waals surface area contributed by atoms with Gasteiger partial charge < -0.3 is 14.8 Å². The number of rotatable bonds is 9. The van der Waals surface area contributed by atoms with Gasteiger partial charge in [0.05, 0.1) is 12.1 Å². The topological polar surface area (TPSA) is 30.5 Å². The summed E-state index contributed by atoms with van der Waals surface area (Å²) in [6.45, 7) is 1.76. The fraction of sp³-hybridized carbons (Fsp3) is 0.217. The minimum Gasteiger partial charge on any atom is -0.493 e. The van der Waals surface area contributed by atoms with Crippen LogP contribution in [0.25, 0.3) is 0 Å². The monoisotopic (exact) mass is 469 g/mol. The molecule has 0 atom stereocenters. The fourth-order valence-corrected chi connectivity index (χ4v) is 3.28. The summed E-state index contributed by atoms with van der Waals surface area (Å²) in [6, 6.07) is 17.8. The second-order valence-corrected chi connectivity index (χ2v) is 7.42. The zero-order valence-electron chi connectivity index (χ0n) is 16.5. The van der Waals surface area contributed by atoms with E-state index in [-0.39, 0.29) is 18.2 Å². The predicted octanol–water partition coefficient (Wildman–Crippen LogP) is 6.47. The van der Waals surface area contributed by atoms with Crippen molar-refractivity contribution in [3.8, 4) is 11.5 Å². The molecule has 0 bridgehead atoms. The van der Waals surface area contributed by atoms with E-state index < -0.39 is 0 Å². The van der Waals surface area contributed by atoms with E-state index >= 15 is 0 Å². The Kier molecular flexibility index (Phi) is 9.73. The van der Waals surface area contributed by atoms with E-state index in [0.717, 1.165) is 29.7 Å². The van der Waals surface area contributed by atoms with Crippen LogP contribution in [-0.2, 0) is 19.6 Å². The Balaban J connectivity index is 0.00000320. The van der Waals surface area contributed by atoms with Gasteiger partial charge in [0.15, 0.2) is 11.5 Å². The standard InChI is InChI=1S/C23H22Cl2FNO2.ClH/c1-28-22-13-18(14-27-11-10-16-4-8-20(26)9-5-16)12-21(25)23(22)29-15-17-2-6-19(24)7-3-17;/h2-9,12-13,27H,10-11,14-15H2,1H3;1H. The summed E-state index contributed by atoms with van der Waals surface area (Å²) in [7, 11) is 1.59. The number of hydrogen-bond acceptors (Lipinski definition) is 3. The van der Waals surface area contributed by atoms with E-state index in [4.69, 9.17) is 32.7 Å². The van der Waals surface area contributed by atoms with E-state index in [1.54, 1.807) is 19.2 Å². The van der Waals surface area contributed by atoms with Crippen LogP contribution in [0.15, 0.2) is 60.7 Å². The van der Waals surface area contributed by atoms with Gasteiger partial charge in [-0.3, -0.25) is 0 Å². The van der Waals surface area contributed by atoms with Crippen LogP contribution in [0.5, 0.6) is 11.5 Å². The first-order chi connectivity index (χ1) is 14.0. The molecule has 0 radical (unpaired) electrons. The smallest absolute Gasteiger partial charge is 0.180 e. The molecule has 0 saturated carbocycles. The maximum absolute atomic E-state index is 13.0. The SMILES string of the molecule is COc1cc(CNCCc2ccc(F)cc2)cc(Cl)c1OCc1ccc(Cl)cc1.Cl. The molecule has 30 heavy (non-hydrogen) atoms. The van der Waals surface area contributed by atoms with Crippen molar-refractivity contribution in [2.75, 3.05) is 13.7 Å². The first-order valence-corrected chi connectivity index (χ1v) is 9.99. The molecule has 3 nitrogen and oxygen atoms in total. The van der Waals surface area contributed by atoms with Gasteiger partial charge in [-0.05, 0) is 66.1 Å². The summed E-state index contributed by atoms with van der Waals surface area (Å²) in [5, 5.41) is 4.54. The Bertz CT molecular complexity index is 934. The van der Waals surface area contributed by atoms with Crippen LogP contribution in [0, 0.1) is 5.82 Å². The molecule has 0 aliphatic heterocycles. The highest BCUT2D eigenvalue weighted by Crippen LogP contribution is 2.37. The third-order valence-corrected chi connectivity index (χ3v) is 4.95. The van der Waals surface area contributed by atoms with Crippen molar-refractivity contribution in [1.29, 1.82) is 0 Å². The lowest BCUT2D eigenvalue weighted by Crippen LogP contribution is -2.16. The Labute approximate surface area is 192 Å². The van der Waals surface area contributed by atoms with Crippen LogP contribution in [0.1, 0.15) is 16.7 Å². The zero-order valence-corrected chi connectivity index (χ0v) is 18.8. The molecule has 0 saturated heterocycles. The number of benzene rings is 3. The quantitative estimate of drug-likeness (QED) is 0.363. The normalized spacial score (nSPS) is 10.4. The molecule has 3 rings (SSSR count). The van der Waals surface area contributed by atoms with Crippen molar-refractivity contribution in [3.63, 3.8) is 0 Å². The minimum atomic E-state index is -0.221. The molecular formula is C23H23Cl3FNO2. The third-order valence-electron chi connectivity index (χ3n) is 4.42. The molecule has 0 fully saturated rings. The molecular weight excluding hydrogens is 448 g/mol. The molecule has 0 aliphatic carbocycles. The number of nitrogens with one attached hydrogen (secondary N) is 1. The van der Waals surface area contributed by atoms with Gasteiger partial charge in [0.1, 0.15) is 12.4 Å². The van der Waals surface area contributed by atoms with Crippen LogP contribution >= 0.6 is 35.6 Å². The molecule has 3 aromatic carbocycles.